The quantitative estimate of drug-likeness (QED) is 0.529. The van der Waals surface area contributed by atoms with E-state index in [1.807, 2.05) is 11.1 Å². The van der Waals surface area contributed by atoms with Crippen molar-refractivity contribution in [3.8, 4) is 0 Å². The summed E-state index contributed by atoms with van der Waals surface area (Å²) < 4.78 is 2.36. The van der Waals surface area contributed by atoms with E-state index in [9.17, 15) is 9.90 Å². The van der Waals surface area contributed by atoms with Crippen LogP contribution in [0.1, 0.15) is 86.2 Å². The minimum atomic E-state index is -0.183. The lowest BCUT2D eigenvalue weighted by atomic mass is 9.89. The summed E-state index contributed by atoms with van der Waals surface area (Å²) in [5.74, 6) is 1.91. The molecule has 0 spiro atoms. The molecule has 3 aliphatic rings. The van der Waals surface area contributed by atoms with Gasteiger partial charge < -0.3 is 19.9 Å². The number of fused-ring (bicyclic) bond motifs is 1. The third-order valence-corrected chi connectivity index (χ3v) is 8.57. The van der Waals surface area contributed by atoms with Crippen LogP contribution in [0, 0.1) is 5.92 Å². The molecular formula is C28H36N6O2. The van der Waals surface area contributed by atoms with Gasteiger partial charge in [-0.2, -0.15) is 4.98 Å². The number of aromatic nitrogens is 4. The Hall–Kier alpha value is -3.00. The number of carbonyl (C=O) groups is 1. The fraction of sp³-hybridized carbons (Fsp3) is 0.571. The van der Waals surface area contributed by atoms with E-state index in [0.717, 1.165) is 74.5 Å². The lowest BCUT2D eigenvalue weighted by Gasteiger charge is -2.32. The maximum atomic E-state index is 12.9. The molecule has 2 aliphatic carbocycles. The molecule has 2 atom stereocenters. The van der Waals surface area contributed by atoms with Crippen molar-refractivity contribution in [1.29, 1.82) is 0 Å². The van der Waals surface area contributed by atoms with Gasteiger partial charge in [-0.1, -0.05) is 13.3 Å². The molecule has 6 rings (SSSR count). The first kappa shape index (κ1) is 23.4. The number of anilines is 1. The third-order valence-electron chi connectivity index (χ3n) is 8.57. The predicted octanol–water partition coefficient (Wildman–Crippen LogP) is 4.53. The van der Waals surface area contributed by atoms with Gasteiger partial charge in [0.1, 0.15) is 5.65 Å². The van der Waals surface area contributed by atoms with Gasteiger partial charge in [-0.05, 0) is 74.5 Å². The molecule has 36 heavy (non-hydrogen) atoms. The SMILES string of the molecule is CC[C@H]1C[C@@H]1Nc1ncc2c(C3CCN(C(=O)c4ccncc4)CC3)cn([C@H]3CC[C@H](O)CC3)c2n1. The standard InChI is InChI=1S/C28H36N6O2/c1-2-18-15-25(18)31-28-30-16-23-24(17-34(26(23)32-28)21-3-5-22(35)6-4-21)19-9-13-33(14-10-19)27(36)20-7-11-29-12-8-20/h7-8,11-12,16-19,21-22,25,35H,2-6,9-10,13-15H2,1H3,(H,30,31,32)/t18-,21-,22-,25-/m0/s1. The number of nitrogens with zero attached hydrogens (tertiary/aromatic N) is 5. The highest BCUT2D eigenvalue weighted by atomic mass is 16.3. The lowest BCUT2D eigenvalue weighted by Crippen LogP contribution is -2.37. The number of piperidine rings is 1. The van der Waals surface area contributed by atoms with Crippen LogP contribution >= 0.6 is 0 Å². The summed E-state index contributed by atoms with van der Waals surface area (Å²) in [7, 11) is 0. The summed E-state index contributed by atoms with van der Waals surface area (Å²) in [5.41, 5.74) is 3.01. The van der Waals surface area contributed by atoms with Crippen LogP contribution < -0.4 is 5.32 Å². The van der Waals surface area contributed by atoms with Crippen LogP contribution in [0.5, 0.6) is 0 Å². The highest BCUT2D eigenvalue weighted by molar-refractivity contribution is 5.94. The molecule has 0 unspecified atom stereocenters. The van der Waals surface area contributed by atoms with E-state index in [1.54, 1.807) is 24.5 Å². The molecule has 1 saturated heterocycles. The summed E-state index contributed by atoms with van der Waals surface area (Å²) in [4.78, 5) is 28.7. The Labute approximate surface area is 212 Å². The summed E-state index contributed by atoms with van der Waals surface area (Å²) in [5, 5.41) is 14.7. The number of aliphatic hydroxyl groups excluding tert-OH is 1. The number of rotatable bonds is 6. The van der Waals surface area contributed by atoms with Crippen LogP contribution in [0.25, 0.3) is 11.0 Å². The number of aliphatic hydroxyl groups is 1. The Balaban J connectivity index is 1.24. The lowest BCUT2D eigenvalue weighted by molar-refractivity contribution is 0.0713. The Kier molecular flexibility index (Phi) is 6.37. The molecule has 8 nitrogen and oxygen atoms in total. The second-order valence-electron chi connectivity index (χ2n) is 10.8. The minimum Gasteiger partial charge on any atom is -0.393 e. The number of pyridine rings is 1. The van der Waals surface area contributed by atoms with E-state index in [-0.39, 0.29) is 12.0 Å². The molecular weight excluding hydrogens is 452 g/mol. The smallest absolute Gasteiger partial charge is 0.253 e. The van der Waals surface area contributed by atoms with E-state index >= 15 is 0 Å². The molecule has 4 heterocycles. The minimum absolute atomic E-state index is 0.0866. The Bertz CT molecular complexity index is 1210. The number of hydrogen-bond donors (Lipinski definition) is 2. The van der Waals surface area contributed by atoms with Crippen LogP contribution in [0.15, 0.2) is 36.9 Å². The van der Waals surface area contributed by atoms with Crippen LogP contribution in [0.4, 0.5) is 5.95 Å². The Morgan fingerprint density at radius 3 is 2.56 bits per heavy atom. The fourth-order valence-corrected chi connectivity index (χ4v) is 6.18. The van der Waals surface area contributed by atoms with Gasteiger partial charge in [0.05, 0.1) is 6.10 Å². The molecule has 3 aromatic rings. The molecule has 3 aromatic heterocycles. The van der Waals surface area contributed by atoms with E-state index < -0.39 is 0 Å². The summed E-state index contributed by atoms with van der Waals surface area (Å²) in [6, 6.07) is 4.42. The van der Waals surface area contributed by atoms with Crippen molar-refractivity contribution < 1.29 is 9.90 Å². The average Bonchev–Trinajstić information content (AvgIpc) is 3.58. The highest BCUT2D eigenvalue weighted by Crippen LogP contribution is 2.39. The van der Waals surface area contributed by atoms with Crippen LogP contribution in [0.2, 0.25) is 0 Å². The van der Waals surface area contributed by atoms with Crippen molar-refractivity contribution in [3.05, 3.63) is 48.0 Å². The second kappa shape index (κ2) is 9.81. The first-order valence-corrected chi connectivity index (χ1v) is 13.6. The number of hydrogen-bond acceptors (Lipinski definition) is 6. The number of carbonyl (C=O) groups excluding carboxylic acids is 1. The van der Waals surface area contributed by atoms with E-state index in [2.05, 4.69) is 28.0 Å². The predicted molar refractivity (Wildman–Crippen MR) is 139 cm³/mol. The number of likely N-dealkylation sites (tertiary alicyclic amines) is 1. The normalized spacial score (nSPS) is 26.8. The maximum absolute atomic E-state index is 12.9. The molecule has 8 heteroatoms. The monoisotopic (exact) mass is 488 g/mol. The van der Waals surface area contributed by atoms with Crippen molar-refractivity contribution in [2.24, 2.45) is 5.92 Å². The molecule has 3 fully saturated rings. The molecule has 1 aliphatic heterocycles. The van der Waals surface area contributed by atoms with Gasteiger partial charge in [-0.3, -0.25) is 9.78 Å². The zero-order valence-electron chi connectivity index (χ0n) is 21.0. The van der Waals surface area contributed by atoms with E-state index in [1.165, 1.54) is 18.4 Å². The Morgan fingerprint density at radius 1 is 1.11 bits per heavy atom. The van der Waals surface area contributed by atoms with Gasteiger partial charge in [-0.25, -0.2) is 4.98 Å². The molecule has 190 valence electrons. The zero-order chi connectivity index (χ0) is 24.6. The zero-order valence-corrected chi connectivity index (χ0v) is 21.0. The van der Waals surface area contributed by atoms with E-state index in [4.69, 9.17) is 9.97 Å². The van der Waals surface area contributed by atoms with Gasteiger partial charge in [0.15, 0.2) is 0 Å². The Morgan fingerprint density at radius 2 is 1.86 bits per heavy atom. The third kappa shape index (κ3) is 4.59. The van der Waals surface area contributed by atoms with Crippen molar-refractivity contribution in [3.63, 3.8) is 0 Å². The first-order valence-electron chi connectivity index (χ1n) is 13.6. The molecule has 1 amide bonds. The topological polar surface area (TPSA) is 96.2 Å². The van der Waals surface area contributed by atoms with Gasteiger partial charge in [0, 0.05) is 60.9 Å². The molecule has 2 saturated carbocycles. The molecule has 0 bridgehead atoms. The number of nitrogens with one attached hydrogen (secondary N) is 1. The van der Waals surface area contributed by atoms with Crippen LogP contribution in [-0.4, -0.2) is 60.7 Å². The van der Waals surface area contributed by atoms with Crippen LogP contribution in [0.3, 0.4) is 0 Å². The largest absolute Gasteiger partial charge is 0.393 e. The summed E-state index contributed by atoms with van der Waals surface area (Å²) in [6.45, 7) is 3.73. The highest BCUT2D eigenvalue weighted by Gasteiger charge is 2.36. The van der Waals surface area contributed by atoms with Crippen molar-refractivity contribution in [2.75, 3.05) is 18.4 Å². The summed E-state index contributed by atoms with van der Waals surface area (Å²) in [6.07, 6.45) is 15.3. The summed E-state index contributed by atoms with van der Waals surface area (Å²) >= 11 is 0. The van der Waals surface area contributed by atoms with Gasteiger partial charge in [-0.15, -0.1) is 0 Å². The second-order valence-corrected chi connectivity index (χ2v) is 10.8. The molecule has 2 N–H and O–H groups in total. The molecule has 0 radical (unpaired) electrons. The van der Waals surface area contributed by atoms with Crippen LogP contribution in [-0.2, 0) is 0 Å². The van der Waals surface area contributed by atoms with Crippen molar-refractivity contribution in [2.45, 2.75) is 82.4 Å². The van der Waals surface area contributed by atoms with Crippen molar-refractivity contribution in [1.82, 2.24) is 24.4 Å². The van der Waals surface area contributed by atoms with Gasteiger partial charge in [0.25, 0.3) is 5.91 Å². The van der Waals surface area contributed by atoms with E-state index in [0.29, 0.717) is 23.6 Å². The van der Waals surface area contributed by atoms with Gasteiger partial charge >= 0.3 is 0 Å². The van der Waals surface area contributed by atoms with Gasteiger partial charge in [0.2, 0.25) is 5.95 Å². The molecule has 0 aromatic carbocycles. The number of amides is 1. The maximum Gasteiger partial charge on any atom is 0.253 e. The first-order chi connectivity index (χ1) is 17.6. The van der Waals surface area contributed by atoms with Crippen molar-refractivity contribution >= 4 is 22.9 Å². The average molecular weight is 489 g/mol. The fourth-order valence-electron chi connectivity index (χ4n) is 6.18.